The van der Waals surface area contributed by atoms with Crippen LogP contribution >= 0.6 is 34.8 Å². The van der Waals surface area contributed by atoms with Gasteiger partial charge >= 0.3 is 0 Å². The van der Waals surface area contributed by atoms with Crippen molar-refractivity contribution in [3.8, 4) is 6.07 Å². The molecule has 0 aliphatic heterocycles. The zero-order valence-corrected chi connectivity index (χ0v) is 17.6. The van der Waals surface area contributed by atoms with Crippen LogP contribution in [0.25, 0.3) is 0 Å². The highest BCUT2D eigenvalue weighted by Crippen LogP contribution is 2.34. The van der Waals surface area contributed by atoms with Gasteiger partial charge in [-0.2, -0.15) is 5.26 Å². The number of hydrogen-bond donors (Lipinski definition) is 2. The van der Waals surface area contributed by atoms with Gasteiger partial charge in [-0.1, -0.05) is 59.1 Å². The third-order valence-corrected chi connectivity index (χ3v) is 5.44. The van der Waals surface area contributed by atoms with E-state index < -0.39 is 11.8 Å². The second kappa shape index (κ2) is 8.75. The summed E-state index contributed by atoms with van der Waals surface area (Å²) in [5.74, 6) is -0.960. The number of nitrogen functional groups attached to an aromatic ring is 1. The molecule has 0 aromatic heterocycles. The van der Waals surface area contributed by atoms with Crippen LogP contribution < -0.4 is 11.1 Å². The van der Waals surface area contributed by atoms with Gasteiger partial charge in [-0.25, -0.2) is 0 Å². The zero-order chi connectivity index (χ0) is 21.1. The van der Waals surface area contributed by atoms with E-state index in [1.165, 1.54) is 0 Å². The Morgan fingerprint density at radius 2 is 1.76 bits per heavy atom. The zero-order valence-electron chi connectivity index (χ0n) is 15.3. The van der Waals surface area contributed by atoms with Crippen LogP contribution in [-0.4, -0.2) is 5.91 Å². The number of benzene rings is 3. The average Bonchev–Trinajstić information content (AvgIpc) is 2.69. The van der Waals surface area contributed by atoms with E-state index in [9.17, 15) is 10.1 Å². The first-order chi connectivity index (χ1) is 13.8. The van der Waals surface area contributed by atoms with Crippen molar-refractivity contribution in [3.05, 3.63) is 91.9 Å². The SMILES string of the molecule is Cc1cc(C(C#N)c2ccc(Cl)cc2)c(Cl)cc1NC(=O)c1cccc(Cl)c1N. The lowest BCUT2D eigenvalue weighted by Gasteiger charge is -2.16. The van der Waals surface area contributed by atoms with Crippen molar-refractivity contribution in [2.45, 2.75) is 12.8 Å². The fourth-order valence-corrected chi connectivity index (χ4v) is 3.54. The van der Waals surface area contributed by atoms with Crippen molar-refractivity contribution in [2.75, 3.05) is 11.1 Å². The van der Waals surface area contributed by atoms with Crippen LogP contribution in [0.15, 0.2) is 54.6 Å². The van der Waals surface area contributed by atoms with Gasteiger partial charge in [0.25, 0.3) is 5.91 Å². The summed E-state index contributed by atoms with van der Waals surface area (Å²) in [6.07, 6.45) is 0. The van der Waals surface area contributed by atoms with Gasteiger partial charge in [-0.15, -0.1) is 0 Å². The maximum absolute atomic E-state index is 12.6. The van der Waals surface area contributed by atoms with E-state index in [1.807, 2.05) is 6.92 Å². The fourth-order valence-electron chi connectivity index (χ4n) is 2.96. The molecule has 0 aliphatic carbocycles. The van der Waals surface area contributed by atoms with Gasteiger partial charge in [0.15, 0.2) is 0 Å². The summed E-state index contributed by atoms with van der Waals surface area (Å²) in [6.45, 7) is 1.83. The Balaban J connectivity index is 1.93. The number of anilines is 2. The number of halogens is 3. The molecular weight excluding hydrogens is 429 g/mol. The highest BCUT2D eigenvalue weighted by atomic mass is 35.5. The second-order valence-electron chi connectivity index (χ2n) is 6.46. The third-order valence-electron chi connectivity index (χ3n) is 4.53. The van der Waals surface area contributed by atoms with E-state index in [0.717, 1.165) is 11.1 Å². The molecule has 4 nitrogen and oxygen atoms in total. The van der Waals surface area contributed by atoms with Crippen LogP contribution in [0.3, 0.4) is 0 Å². The van der Waals surface area contributed by atoms with Crippen LogP contribution in [0.1, 0.15) is 33.0 Å². The summed E-state index contributed by atoms with van der Waals surface area (Å²) in [6, 6.07) is 17.6. The number of para-hydroxylation sites is 1. The van der Waals surface area contributed by atoms with Crippen LogP contribution in [-0.2, 0) is 0 Å². The Kier molecular flexibility index (Phi) is 6.34. The van der Waals surface area contributed by atoms with Gasteiger partial charge in [-0.3, -0.25) is 4.79 Å². The highest BCUT2D eigenvalue weighted by molar-refractivity contribution is 6.34. The number of aryl methyl sites for hydroxylation is 1. The minimum atomic E-state index is -0.563. The van der Waals surface area contributed by atoms with E-state index >= 15 is 0 Å². The molecule has 29 heavy (non-hydrogen) atoms. The number of carbonyl (C=O) groups is 1. The monoisotopic (exact) mass is 443 g/mol. The quantitative estimate of drug-likeness (QED) is 0.454. The van der Waals surface area contributed by atoms with Crippen LogP contribution in [0.5, 0.6) is 0 Å². The lowest BCUT2D eigenvalue weighted by Crippen LogP contribution is -2.15. The van der Waals surface area contributed by atoms with Crippen LogP contribution in [0, 0.1) is 18.3 Å². The number of amides is 1. The number of carbonyl (C=O) groups excluding carboxylic acids is 1. The minimum absolute atomic E-state index is 0.208. The number of hydrogen-bond acceptors (Lipinski definition) is 3. The molecule has 1 atom stereocenters. The van der Waals surface area contributed by atoms with Crippen molar-refractivity contribution in [2.24, 2.45) is 0 Å². The molecule has 0 spiro atoms. The number of nitrogens with one attached hydrogen (secondary N) is 1. The largest absolute Gasteiger partial charge is 0.397 e. The van der Waals surface area contributed by atoms with Crippen molar-refractivity contribution in [1.82, 2.24) is 0 Å². The van der Waals surface area contributed by atoms with Gasteiger partial charge in [0.05, 0.1) is 28.3 Å². The smallest absolute Gasteiger partial charge is 0.257 e. The Labute approximate surface area is 183 Å². The maximum Gasteiger partial charge on any atom is 0.257 e. The van der Waals surface area contributed by atoms with Gasteiger partial charge in [0.1, 0.15) is 0 Å². The molecule has 7 heteroatoms. The first-order valence-electron chi connectivity index (χ1n) is 8.62. The molecule has 3 rings (SSSR count). The van der Waals surface area contributed by atoms with E-state index in [-0.39, 0.29) is 11.3 Å². The van der Waals surface area contributed by atoms with E-state index in [1.54, 1.807) is 54.6 Å². The molecule has 3 aromatic carbocycles. The van der Waals surface area contributed by atoms with Crippen molar-refractivity contribution in [3.63, 3.8) is 0 Å². The van der Waals surface area contributed by atoms with Crippen LogP contribution in [0.2, 0.25) is 15.1 Å². The minimum Gasteiger partial charge on any atom is -0.397 e. The highest BCUT2D eigenvalue weighted by Gasteiger charge is 2.20. The molecular formula is C22H16Cl3N3O. The number of nitriles is 1. The van der Waals surface area contributed by atoms with E-state index in [2.05, 4.69) is 11.4 Å². The van der Waals surface area contributed by atoms with Gasteiger partial charge < -0.3 is 11.1 Å². The summed E-state index contributed by atoms with van der Waals surface area (Å²) < 4.78 is 0. The van der Waals surface area contributed by atoms with Gasteiger partial charge in [-0.05, 0) is 53.9 Å². The molecule has 0 saturated heterocycles. The molecule has 0 saturated carbocycles. The molecule has 3 N–H and O–H groups in total. The Bertz CT molecular complexity index is 1120. The fraction of sp³-hybridized carbons (Fsp3) is 0.0909. The second-order valence-corrected chi connectivity index (χ2v) is 7.71. The summed E-state index contributed by atoms with van der Waals surface area (Å²) in [5.41, 5.74) is 9.08. The normalized spacial score (nSPS) is 11.6. The summed E-state index contributed by atoms with van der Waals surface area (Å²) in [5, 5.41) is 13.8. The lowest BCUT2D eigenvalue weighted by atomic mass is 9.91. The summed E-state index contributed by atoms with van der Waals surface area (Å²) >= 11 is 18.4. The Morgan fingerprint density at radius 1 is 1.07 bits per heavy atom. The topological polar surface area (TPSA) is 78.9 Å². The average molecular weight is 445 g/mol. The third kappa shape index (κ3) is 4.49. The molecule has 0 bridgehead atoms. The molecule has 0 aliphatic rings. The van der Waals surface area contributed by atoms with Crippen LogP contribution in [0.4, 0.5) is 11.4 Å². The number of nitrogens with zero attached hydrogens (tertiary/aromatic N) is 1. The lowest BCUT2D eigenvalue weighted by molar-refractivity contribution is 0.102. The molecule has 0 heterocycles. The first kappa shape index (κ1) is 21.0. The van der Waals surface area contributed by atoms with E-state index in [0.29, 0.717) is 26.3 Å². The van der Waals surface area contributed by atoms with Gasteiger partial charge in [0.2, 0.25) is 0 Å². The standard InChI is InChI=1S/C22H16Cl3N3O/c1-12-9-16(17(11-26)13-5-7-14(23)8-6-13)19(25)10-20(12)28-22(29)15-3-2-4-18(24)21(15)27/h2-10,17H,27H2,1H3,(H,28,29). The van der Waals surface area contributed by atoms with Crippen molar-refractivity contribution in [1.29, 1.82) is 5.26 Å². The van der Waals surface area contributed by atoms with Gasteiger partial charge in [0, 0.05) is 15.7 Å². The molecule has 1 amide bonds. The Hall–Kier alpha value is -2.71. The summed E-state index contributed by atoms with van der Waals surface area (Å²) in [4.78, 5) is 12.6. The first-order valence-corrected chi connectivity index (χ1v) is 9.75. The number of rotatable bonds is 4. The van der Waals surface area contributed by atoms with Crippen molar-refractivity contribution >= 4 is 52.1 Å². The molecule has 1 unspecified atom stereocenters. The van der Waals surface area contributed by atoms with E-state index in [4.69, 9.17) is 40.5 Å². The van der Waals surface area contributed by atoms with Crippen molar-refractivity contribution < 1.29 is 4.79 Å². The Morgan fingerprint density at radius 3 is 2.41 bits per heavy atom. The molecule has 146 valence electrons. The predicted molar refractivity (Wildman–Crippen MR) is 119 cm³/mol. The number of nitrogens with two attached hydrogens (primary N) is 1. The molecule has 0 fully saturated rings. The molecule has 0 radical (unpaired) electrons. The molecule has 3 aromatic rings. The summed E-state index contributed by atoms with van der Waals surface area (Å²) in [7, 11) is 0. The predicted octanol–water partition coefficient (Wildman–Crippen LogP) is 6.45. The maximum atomic E-state index is 12.6.